The van der Waals surface area contributed by atoms with Crippen molar-refractivity contribution in [2.45, 2.75) is 45.4 Å². The highest BCUT2D eigenvalue weighted by Gasteiger charge is 2.20. The molecule has 1 aromatic rings. The quantitative estimate of drug-likeness (QED) is 0.849. The first-order valence-electron chi connectivity index (χ1n) is 7.10. The normalized spacial score (nSPS) is 19.5. The molecule has 1 aromatic heterocycles. The fourth-order valence-electron chi connectivity index (χ4n) is 2.23. The Morgan fingerprint density at radius 2 is 2.32 bits per heavy atom. The standard InChI is InChI=1S/C15H25N3O/c1-12(2)16-8-13-4-5-14(17-9-13)10-18(3)15-6-7-19-11-15/h4-5,9,12,15-16H,6-8,10-11H2,1-3H3. The number of likely N-dealkylation sites (N-methyl/N-ethyl adjacent to an activating group) is 1. The number of nitrogens with one attached hydrogen (secondary N) is 1. The van der Waals surface area contributed by atoms with Gasteiger partial charge in [-0.2, -0.15) is 0 Å². The zero-order valence-electron chi connectivity index (χ0n) is 12.2. The Labute approximate surface area is 116 Å². The van der Waals surface area contributed by atoms with Crippen molar-refractivity contribution in [1.29, 1.82) is 0 Å². The minimum Gasteiger partial charge on any atom is -0.380 e. The number of nitrogens with zero attached hydrogens (tertiary/aromatic N) is 2. The average molecular weight is 263 g/mol. The molecule has 1 saturated heterocycles. The molecule has 1 fully saturated rings. The lowest BCUT2D eigenvalue weighted by atomic mass is 10.2. The summed E-state index contributed by atoms with van der Waals surface area (Å²) in [6.45, 7) is 7.83. The Balaban J connectivity index is 1.83. The third-order valence-corrected chi connectivity index (χ3v) is 3.54. The highest BCUT2D eigenvalue weighted by molar-refractivity contribution is 5.14. The van der Waals surface area contributed by atoms with Crippen molar-refractivity contribution in [3.8, 4) is 0 Å². The van der Waals surface area contributed by atoms with E-state index >= 15 is 0 Å². The number of hydrogen-bond acceptors (Lipinski definition) is 4. The summed E-state index contributed by atoms with van der Waals surface area (Å²) in [5, 5.41) is 3.40. The highest BCUT2D eigenvalue weighted by Crippen LogP contribution is 2.13. The van der Waals surface area contributed by atoms with Gasteiger partial charge in [0, 0.05) is 38.0 Å². The summed E-state index contributed by atoms with van der Waals surface area (Å²) in [6.07, 6.45) is 3.11. The van der Waals surface area contributed by atoms with E-state index in [0.29, 0.717) is 12.1 Å². The Kier molecular flexibility index (Phi) is 5.31. The molecular formula is C15H25N3O. The Morgan fingerprint density at radius 1 is 1.47 bits per heavy atom. The second-order valence-corrected chi connectivity index (χ2v) is 5.63. The third-order valence-electron chi connectivity index (χ3n) is 3.54. The van der Waals surface area contributed by atoms with Gasteiger partial charge in [0.2, 0.25) is 0 Å². The number of rotatable bonds is 6. The molecular weight excluding hydrogens is 238 g/mol. The largest absolute Gasteiger partial charge is 0.380 e. The lowest BCUT2D eigenvalue weighted by molar-refractivity contribution is 0.155. The van der Waals surface area contributed by atoms with Crippen LogP contribution >= 0.6 is 0 Å². The van der Waals surface area contributed by atoms with Gasteiger partial charge in [0.25, 0.3) is 0 Å². The molecule has 1 atom stereocenters. The third kappa shape index (κ3) is 4.56. The smallest absolute Gasteiger partial charge is 0.0622 e. The summed E-state index contributed by atoms with van der Waals surface area (Å²) in [5.41, 5.74) is 2.37. The summed E-state index contributed by atoms with van der Waals surface area (Å²) >= 11 is 0. The maximum Gasteiger partial charge on any atom is 0.0622 e. The van der Waals surface area contributed by atoms with E-state index in [2.05, 4.69) is 48.2 Å². The van der Waals surface area contributed by atoms with Crippen LogP contribution < -0.4 is 5.32 Å². The van der Waals surface area contributed by atoms with E-state index in [9.17, 15) is 0 Å². The van der Waals surface area contributed by atoms with Crippen molar-refractivity contribution >= 4 is 0 Å². The number of aromatic nitrogens is 1. The summed E-state index contributed by atoms with van der Waals surface area (Å²) in [4.78, 5) is 6.88. The lowest BCUT2D eigenvalue weighted by Gasteiger charge is -2.22. The second kappa shape index (κ2) is 6.98. The van der Waals surface area contributed by atoms with E-state index in [4.69, 9.17) is 4.74 Å². The minimum absolute atomic E-state index is 0.508. The van der Waals surface area contributed by atoms with E-state index in [1.165, 1.54) is 5.56 Å². The zero-order valence-corrected chi connectivity index (χ0v) is 12.2. The van der Waals surface area contributed by atoms with Crippen molar-refractivity contribution in [1.82, 2.24) is 15.2 Å². The second-order valence-electron chi connectivity index (χ2n) is 5.63. The van der Waals surface area contributed by atoms with Crippen LogP contribution in [0.3, 0.4) is 0 Å². The van der Waals surface area contributed by atoms with Gasteiger partial charge in [-0.25, -0.2) is 0 Å². The van der Waals surface area contributed by atoms with E-state index in [1.54, 1.807) is 0 Å². The molecule has 2 rings (SSSR count). The van der Waals surface area contributed by atoms with Crippen LogP contribution in [0.15, 0.2) is 18.3 Å². The first kappa shape index (κ1) is 14.4. The summed E-state index contributed by atoms with van der Waals surface area (Å²) in [5.74, 6) is 0. The first-order chi connectivity index (χ1) is 9.15. The SMILES string of the molecule is CC(C)NCc1ccc(CN(C)C2CCOC2)nc1. The highest BCUT2D eigenvalue weighted by atomic mass is 16.5. The van der Waals surface area contributed by atoms with Gasteiger partial charge < -0.3 is 10.1 Å². The maximum atomic E-state index is 5.42. The number of ether oxygens (including phenoxy) is 1. The fourth-order valence-corrected chi connectivity index (χ4v) is 2.23. The zero-order chi connectivity index (χ0) is 13.7. The Hall–Kier alpha value is -0.970. The van der Waals surface area contributed by atoms with Crippen molar-refractivity contribution < 1.29 is 4.74 Å². The molecule has 19 heavy (non-hydrogen) atoms. The molecule has 0 saturated carbocycles. The van der Waals surface area contributed by atoms with Crippen LogP contribution in [-0.4, -0.2) is 42.2 Å². The Morgan fingerprint density at radius 3 is 2.89 bits per heavy atom. The molecule has 0 radical (unpaired) electrons. The van der Waals surface area contributed by atoms with Crippen LogP contribution in [0.1, 0.15) is 31.5 Å². The van der Waals surface area contributed by atoms with Crippen LogP contribution in [0, 0.1) is 0 Å². The maximum absolute atomic E-state index is 5.42. The molecule has 0 spiro atoms. The monoisotopic (exact) mass is 263 g/mol. The number of pyridine rings is 1. The molecule has 4 nitrogen and oxygen atoms in total. The van der Waals surface area contributed by atoms with Crippen LogP contribution in [0.25, 0.3) is 0 Å². The molecule has 0 bridgehead atoms. The van der Waals surface area contributed by atoms with Crippen molar-refractivity contribution in [3.05, 3.63) is 29.6 Å². The van der Waals surface area contributed by atoms with Gasteiger partial charge in [0.05, 0.1) is 12.3 Å². The van der Waals surface area contributed by atoms with Crippen LogP contribution in [-0.2, 0) is 17.8 Å². The molecule has 1 unspecified atom stereocenters. The fraction of sp³-hybridized carbons (Fsp3) is 0.667. The van der Waals surface area contributed by atoms with Gasteiger partial charge in [-0.15, -0.1) is 0 Å². The van der Waals surface area contributed by atoms with Gasteiger partial charge in [-0.1, -0.05) is 19.9 Å². The van der Waals surface area contributed by atoms with Crippen molar-refractivity contribution in [3.63, 3.8) is 0 Å². The van der Waals surface area contributed by atoms with E-state index in [0.717, 1.165) is 38.4 Å². The molecule has 106 valence electrons. The van der Waals surface area contributed by atoms with E-state index < -0.39 is 0 Å². The minimum atomic E-state index is 0.508. The van der Waals surface area contributed by atoms with Crippen molar-refractivity contribution in [2.75, 3.05) is 20.3 Å². The molecule has 0 amide bonds. The van der Waals surface area contributed by atoms with Crippen LogP contribution in [0.5, 0.6) is 0 Å². The van der Waals surface area contributed by atoms with Crippen LogP contribution in [0.4, 0.5) is 0 Å². The molecule has 0 aliphatic carbocycles. The van der Waals surface area contributed by atoms with E-state index in [-0.39, 0.29) is 0 Å². The Bertz CT molecular complexity index is 371. The first-order valence-corrected chi connectivity index (χ1v) is 7.10. The summed E-state index contributed by atoms with van der Waals surface area (Å²) < 4.78 is 5.42. The van der Waals surface area contributed by atoms with E-state index in [1.807, 2.05) is 6.20 Å². The lowest BCUT2D eigenvalue weighted by Crippen LogP contribution is -2.31. The molecule has 0 aromatic carbocycles. The molecule has 1 N–H and O–H groups in total. The number of hydrogen-bond donors (Lipinski definition) is 1. The predicted octanol–water partition coefficient (Wildman–Crippen LogP) is 1.80. The predicted molar refractivity (Wildman–Crippen MR) is 76.9 cm³/mol. The van der Waals surface area contributed by atoms with Gasteiger partial charge in [-0.3, -0.25) is 9.88 Å². The summed E-state index contributed by atoms with van der Waals surface area (Å²) in [7, 11) is 2.15. The van der Waals surface area contributed by atoms with Crippen LogP contribution in [0.2, 0.25) is 0 Å². The van der Waals surface area contributed by atoms with Gasteiger partial charge in [-0.05, 0) is 25.1 Å². The van der Waals surface area contributed by atoms with Gasteiger partial charge >= 0.3 is 0 Å². The van der Waals surface area contributed by atoms with Gasteiger partial charge in [0.15, 0.2) is 0 Å². The summed E-state index contributed by atoms with van der Waals surface area (Å²) in [6, 6.07) is 5.35. The average Bonchev–Trinajstić information content (AvgIpc) is 2.92. The van der Waals surface area contributed by atoms with Gasteiger partial charge in [0.1, 0.15) is 0 Å². The molecule has 1 aliphatic rings. The molecule has 4 heteroatoms. The molecule has 1 aliphatic heterocycles. The molecule has 2 heterocycles. The van der Waals surface area contributed by atoms with Crippen molar-refractivity contribution in [2.24, 2.45) is 0 Å². The topological polar surface area (TPSA) is 37.4 Å².